The molecule has 8 heteroatoms. The third-order valence-electron chi connectivity index (χ3n) is 1.81. The number of oxime groups is 1. The number of aromatic nitrogens is 1. The van der Waals surface area contributed by atoms with Gasteiger partial charge in [-0.15, -0.1) is 5.16 Å². The number of carbonyl (C=O) groups excluding carboxylic acids is 1. The molecule has 0 aromatic carbocycles. The van der Waals surface area contributed by atoms with Crippen LogP contribution in [0.2, 0.25) is 0 Å². The van der Waals surface area contributed by atoms with Crippen LogP contribution in [0.15, 0.2) is 23.6 Å². The zero-order chi connectivity index (χ0) is 12.9. The van der Waals surface area contributed by atoms with Crippen LogP contribution in [-0.2, 0) is 6.18 Å². The molecular weight excluding hydrogens is 239 g/mol. The minimum absolute atomic E-state index is 0.179. The van der Waals surface area contributed by atoms with Gasteiger partial charge in [-0.1, -0.05) is 0 Å². The fourth-order valence-electron chi connectivity index (χ4n) is 1.10. The lowest BCUT2D eigenvalue weighted by Gasteiger charge is -2.11. The molecule has 0 unspecified atom stereocenters. The van der Waals surface area contributed by atoms with E-state index in [9.17, 15) is 18.0 Å². The quantitative estimate of drug-likeness (QED) is 0.480. The number of pyridine rings is 1. The van der Waals surface area contributed by atoms with Crippen molar-refractivity contribution in [3.05, 3.63) is 29.6 Å². The summed E-state index contributed by atoms with van der Waals surface area (Å²) in [7, 11) is 0. The lowest BCUT2D eigenvalue weighted by molar-refractivity contribution is -0.138. The summed E-state index contributed by atoms with van der Waals surface area (Å²) in [6.45, 7) is -0.179. The van der Waals surface area contributed by atoms with Crippen LogP contribution in [0.25, 0.3) is 0 Å². The molecular formula is C9H8F3N3O2. The smallest absolute Gasteiger partial charge is 0.411 e. The van der Waals surface area contributed by atoms with Crippen LogP contribution in [0.5, 0.6) is 0 Å². The Morgan fingerprint density at radius 2 is 2.29 bits per heavy atom. The Morgan fingerprint density at radius 1 is 1.59 bits per heavy atom. The Bertz CT molecular complexity index is 432. The van der Waals surface area contributed by atoms with E-state index in [1.54, 1.807) is 0 Å². The van der Waals surface area contributed by atoms with E-state index in [-0.39, 0.29) is 6.54 Å². The molecule has 92 valence electrons. The van der Waals surface area contributed by atoms with Gasteiger partial charge in [-0.25, -0.2) is 0 Å². The van der Waals surface area contributed by atoms with Gasteiger partial charge in [0.25, 0.3) is 5.91 Å². The molecule has 0 bridgehead atoms. The summed E-state index contributed by atoms with van der Waals surface area (Å²) in [6.07, 6.45) is -1.91. The lowest BCUT2D eigenvalue weighted by Crippen LogP contribution is -2.27. The van der Waals surface area contributed by atoms with Crippen molar-refractivity contribution >= 4 is 12.1 Å². The van der Waals surface area contributed by atoms with Crippen molar-refractivity contribution in [1.82, 2.24) is 10.3 Å². The molecule has 0 aliphatic heterocycles. The SMILES string of the molecule is O=C(NCC=NO)c1cnccc1C(F)(F)F. The van der Waals surface area contributed by atoms with Crippen LogP contribution in [0.1, 0.15) is 15.9 Å². The molecule has 1 aromatic rings. The molecule has 0 atom stereocenters. The highest BCUT2D eigenvalue weighted by atomic mass is 19.4. The Morgan fingerprint density at radius 3 is 2.88 bits per heavy atom. The molecule has 1 amide bonds. The van der Waals surface area contributed by atoms with E-state index in [0.717, 1.165) is 24.7 Å². The van der Waals surface area contributed by atoms with E-state index in [1.165, 1.54) is 0 Å². The predicted molar refractivity (Wildman–Crippen MR) is 51.9 cm³/mol. The van der Waals surface area contributed by atoms with Gasteiger partial charge in [-0.05, 0) is 6.07 Å². The first kappa shape index (κ1) is 12.9. The van der Waals surface area contributed by atoms with Crippen molar-refractivity contribution in [2.45, 2.75) is 6.18 Å². The number of amides is 1. The summed E-state index contributed by atoms with van der Waals surface area (Å²) in [5.74, 6) is -0.940. The maximum absolute atomic E-state index is 12.5. The standard InChI is InChI=1S/C9H8F3N3O2/c10-9(11,12)7-1-2-13-5-6(7)8(16)14-3-4-15-17/h1-2,4-5,17H,3H2,(H,14,16). The highest BCUT2D eigenvalue weighted by Crippen LogP contribution is 2.31. The van der Waals surface area contributed by atoms with Crippen LogP contribution in [0, 0.1) is 0 Å². The molecule has 0 aliphatic carbocycles. The highest BCUT2D eigenvalue weighted by Gasteiger charge is 2.35. The average Bonchev–Trinajstić information content (AvgIpc) is 2.28. The van der Waals surface area contributed by atoms with E-state index >= 15 is 0 Å². The molecule has 0 saturated heterocycles. The van der Waals surface area contributed by atoms with Gasteiger partial charge in [-0.3, -0.25) is 9.78 Å². The topological polar surface area (TPSA) is 74.6 Å². The maximum Gasteiger partial charge on any atom is 0.417 e. The molecule has 1 rings (SSSR count). The number of hydrogen-bond donors (Lipinski definition) is 2. The summed E-state index contributed by atoms with van der Waals surface area (Å²) in [4.78, 5) is 14.9. The number of nitrogens with one attached hydrogen (secondary N) is 1. The summed E-state index contributed by atoms with van der Waals surface area (Å²) >= 11 is 0. The summed E-state index contributed by atoms with van der Waals surface area (Å²) < 4.78 is 37.6. The van der Waals surface area contributed by atoms with Crippen LogP contribution in [-0.4, -0.2) is 28.9 Å². The third-order valence-corrected chi connectivity index (χ3v) is 1.81. The molecule has 2 N–H and O–H groups in total. The maximum atomic E-state index is 12.5. The number of alkyl halides is 3. The molecule has 1 aromatic heterocycles. The second kappa shape index (κ2) is 5.28. The largest absolute Gasteiger partial charge is 0.417 e. The number of rotatable bonds is 3. The van der Waals surface area contributed by atoms with Gasteiger partial charge in [0.1, 0.15) is 0 Å². The fraction of sp³-hybridized carbons (Fsp3) is 0.222. The van der Waals surface area contributed by atoms with E-state index in [1.807, 2.05) is 0 Å². The molecule has 0 saturated carbocycles. The molecule has 0 spiro atoms. The van der Waals surface area contributed by atoms with Crippen molar-refractivity contribution in [2.24, 2.45) is 5.16 Å². The number of hydrogen-bond acceptors (Lipinski definition) is 4. The Kier molecular flexibility index (Phi) is 4.02. The van der Waals surface area contributed by atoms with Crippen molar-refractivity contribution in [3.8, 4) is 0 Å². The van der Waals surface area contributed by atoms with Gasteiger partial charge in [-0.2, -0.15) is 13.2 Å². The number of carbonyl (C=O) groups is 1. The van der Waals surface area contributed by atoms with Crippen molar-refractivity contribution < 1.29 is 23.2 Å². The molecule has 0 radical (unpaired) electrons. The summed E-state index contributed by atoms with van der Waals surface area (Å²) in [5, 5.41) is 12.8. The third kappa shape index (κ3) is 3.44. The Labute approximate surface area is 94.0 Å². The average molecular weight is 247 g/mol. The zero-order valence-electron chi connectivity index (χ0n) is 8.40. The van der Waals surface area contributed by atoms with Crippen molar-refractivity contribution in [3.63, 3.8) is 0 Å². The van der Waals surface area contributed by atoms with Gasteiger partial charge >= 0.3 is 6.18 Å². The van der Waals surface area contributed by atoms with E-state index in [0.29, 0.717) is 0 Å². The lowest BCUT2D eigenvalue weighted by atomic mass is 10.1. The minimum atomic E-state index is -4.62. The van der Waals surface area contributed by atoms with Crippen molar-refractivity contribution in [2.75, 3.05) is 6.54 Å². The van der Waals surface area contributed by atoms with Gasteiger partial charge in [0.2, 0.25) is 0 Å². The van der Waals surface area contributed by atoms with Gasteiger partial charge in [0, 0.05) is 12.4 Å². The Hall–Kier alpha value is -2.12. The second-order valence-electron chi connectivity index (χ2n) is 2.93. The van der Waals surface area contributed by atoms with Crippen molar-refractivity contribution in [1.29, 1.82) is 0 Å². The van der Waals surface area contributed by atoms with E-state index < -0.39 is 23.2 Å². The van der Waals surface area contributed by atoms with Gasteiger partial charge < -0.3 is 10.5 Å². The summed E-state index contributed by atoms with van der Waals surface area (Å²) in [6, 6.07) is 0.717. The molecule has 5 nitrogen and oxygen atoms in total. The minimum Gasteiger partial charge on any atom is -0.411 e. The first-order valence-corrected chi connectivity index (χ1v) is 4.42. The normalized spacial score (nSPS) is 11.7. The second-order valence-corrected chi connectivity index (χ2v) is 2.93. The fourth-order valence-corrected chi connectivity index (χ4v) is 1.10. The molecule has 17 heavy (non-hydrogen) atoms. The number of halogens is 3. The van der Waals surface area contributed by atoms with Crippen LogP contribution >= 0.6 is 0 Å². The van der Waals surface area contributed by atoms with Gasteiger partial charge in [0.15, 0.2) is 0 Å². The first-order chi connectivity index (χ1) is 7.96. The first-order valence-electron chi connectivity index (χ1n) is 4.42. The van der Waals surface area contributed by atoms with Crippen LogP contribution < -0.4 is 5.32 Å². The molecule has 1 heterocycles. The van der Waals surface area contributed by atoms with Gasteiger partial charge in [0.05, 0.1) is 23.9 Å². The number of nitrogens with zero attached hydrogens (tertiary/aromatic N) is 2. The van der Waals surface area contributed by atoms with E-state index in [2.05, 4.69) is 15.5 Å². The summed E-state index contributed by atoms with van der Waals surface area (Å²) in [5.41, 5.74) is -1.64. The monoisotopic (exact) mass is 247 g/mol. The van der Waals surface area contributed by atoms with Crippen LogP contribution in [0.4, 0.5) is 13.2 Å². The van der Waals surface area contributed by atoms with E-state index in [4.69, 9.17) is 5.21 Å². The zero-order valence-corrected chi connectivity index (χ0v) is 8.40. The predicted octanol–water partition coefficient (Wildman–Crippen LogP) is 1.29. The Balaban J connectivity index is 2.94. The highest BCUT2D eigenvalue weighted by molar-refractivity contribution is 5.96. The molecule has 0 aliphatic rings. The molecule has 0 fully saturated rings. The van der Waals surface area contributed by atoms with Crippen LogP contribution in [0.3, 0.4) is 0 Å².